The van der Waals surface area contributed by atoms with E-state index in [2.05, 4.69) is 19.2 Å². The standard InChI is InChI=1S/C57H113NO5/c1-3-5-7-9-11-13-14-31-35-39-43-47-51-57(62)63-52-48-44-40-36-32-29-27-25-23-21-19-17-15-16-18-20-22-24-26-28-30-34-38-42-46-50-56(61)58-54(53-59)55(60)49-45-41-37-33-12-10-8-6-4-2/h54-55,59-60H,3-53H2,1-2H3,(H,58,61). The summed E-state index contributed by atoms with van der Waals surface area (Å²) in [6.07, 6.45) is 61.1. The van der Waals surface area contributed by atoms with Gasteiger partial charge in [-0.2, -0.15) is 0 Å². The van der Waals surface area contributed by atoms with Gasteiger partial charge in [0.15, 0.2) is 0 Å². The number of nitrogens with one attached hydrogen (secondary N) is 1. The minimum Gasteiger partial charge on any atom is -0.466 e. The number of aliphatic hydroxyl groups excluding tert-OH is 2. The van der Waals surface area contributed by atoms with E-state index in [1.807, 2.05) is 0 Å². The van der Waals surface area contributed by atoms with Crippen molar-refractivity contribution in [1.29, 1.82) is 0 Å². The van der Waals surface area contributed by atoms with E-state index in [4.69, 9.17) is 4.74 Å². The molecule has 0 rings (SSSR count). The molecule has 0 spiro atoms. The van der Waals surface area contributed by atoms with Gasteiger partial charge in [0.2, 0.25) is 5.91 Å². The lowest BCUT2D eigenvalue weighted by Crippen LogP contribution is -2.45. The minimum absolute atomic E-state index is 0.0175. The molecule has 0 aromatic carbocycles. The van der Waals surface area contributed by atoms with Gasteiger partial charge in [0.25, 0.3) is 0 Å². The molecular formula is C57H113NO5. The third kappa shape index (κ3) is 50.1. The zero-order valence-corrected chi connectivity index (χ0v) is 42.8. The third-order valence-electron chi connectivity index (χ3n) is 13.7. The summed E-state index contributed by atoms with van der Waals surface area (Å²) in [7, 11) is 0. The molecule has 0 saturated heterocycles. The Balaban J connectivity index is 3.31. The number of aliphatic hydroxyl groups is 2. The second-order valence-electron chi connectivity index (χ2n) is 20.0. The van der Waals surface area contributed by atoms with Crippen LogP contribution in [-0.4, -0.2) is 47.4 Å². The molecule has 3 N–H and O–H groups in total. The number of carbonyl (C=O) groups is 2. The van der Waals surface area contributed by atoms with E-state index in [-0.39, 0.29) is 18.5 Å². The van der Waals surface area contributed by atoms with Gasteiger partial charge in [0, 0.05) is 12.8 Å². The monoisotopic (exact) mass is 892 g/mol. The van der Waals surface area contributed by atoms with E-state index in [0.29, 0.717) is 25.9 Å². The second-order valence-corrected chi connectivity index (χ2v) is 20.0. The highest BCUT2D eigenvalue weighted by molar-refractivity contribution is 5.76. The maximum absolute atomic E-state index is 12.4. The van der Waals surface area contributed by atoms with Crippen molar-refractivity contribution in [2.45, 2.75) is 341 Å². The van der Waals surface area contributed by atoms with Crippen molar-refractivity contribution in [2.75, 3.05) is 13.2 Å². The van der Waals surface area contributed by atoms with Crippen LogP contribution in [0.15, 0.2) is 0 Å². The van der Waals surface area contributed by atoms with Crippen LogP contribution in [0, 0.1) is 0 Å². The lowest BCUT2D eigenvalue weighted by Gasteiger charge is -2.22. The van der Waals surface area contributed by atoms with Crippen LogP contribution in [0.1, 0.15) is 328 Å². The Morgan fingerprint density at radius 1 is 0.381 bits per heavy atom. The van der Waals surface area contributed by atoms with E-state index in [1.54, 1.807) is 0 Å². The highest BCUT2D eigenvalue weighted by Crippen LogP contribution is 2.18. The summed E-state index contributed by atoms with van der Waals surface area (Å²) < 4.78 is 5.47. The van der Waals surface area contributed by atoms with Crippen LogP contribution in [0.4, 0.5) is 0 Å². The molecule has 0 heterocycles. The fraction of sp³-hybridized carbons (Fsp3) is 0.965. The molecule has 0 aliphatic rings. The van der Waals surface area contributed by atoms with Crippen LogP contribution in [0.2, 0.25) is 0 Å². The Hall–Kier alpha value is -1.14. The summed E-state index contributed by atoms with van der Waals surface area (Å²) in [5, 5.41) is 23.1. The molecule has 0 aromatic heterocycles. The molecule has 2 unspecified atom stereocenters. The molecule has 2 atom stereocenters. The van der Waals surface area contributed by atoms with Crippen LogP contribution in [0.5, 0.6) is 0 Å². The summed E-state index contributed by atoms with van der Waals surface area (Å²) in [5.41, 5.74) is 0. The fourth-order valence-electron chi connectivity index (χ4n) is 9.23. The molecule has 376 valence electrons. The van der Waals surface area contributed by atoms with Crippen LogP contribution < -0.4 is 5.32 Å². The van der Waals surface area contributed by atoms with E-state index in [9.17, 15) is 19.8 Å². The van der Waals surface area contributed by atoms with Crippen LogP contribution in [0.25, 0.3) is 0 Å². The van der Waals surface area contributed by atoms with E-state index < -0.39 is 12.1 Å². The van der Waals surface area contributed by atoms with Gasteiger partial charge >= 0.3 is 5.97 Å². The maximum atomic E-state index is 12.4. The molecule has 0 bridgehead atoms. The van der Waals surface area contributed by atoms with Gasteiger partial charge in [-0.05, 0) is 25.7 Å². The SMILES string of the molecule is CCCCCCCCCCCCCCC(=O)OCCCCCCCCCCCCCCCCCCCCCCCCCCCC(=O)NC(CO)C(O)CCCCCCCCCCC. The van der Waals surface area contributed by atoms with Gasteiger partial charge in [0.05, 0.1) is 25.4 Å². The van der Waals surface area contributed by atoms with Crippen molar-refractivity contribution in [3.8, 4) is 0 Å². The molecule has 0 saturated carbocycles. The molecule has 0 aliphatic heterocycles. The topological polar surface area (TPSA) is 95.9 Å². The normalized spacial score (nSPS) is 12.5. The predicted molar refractivity (Wildman–Crippen MR) is 274 cm³/mol. The lowest BCUT2D eigenvalue weighted by molar-refractivity contribution is -0.143. The van der Waals surface area contributed by atoms with E-state index in [0.717, 1.165) is 38.5 Å². The number of esters is 1. The second kappa shape index (κ2) is 53.5. The molecule has 63 heavy (non-hydrogen) atoms. The number of hydrogen-bond donors (Lipinski definition) is 3. The Kier molecular flexibility index (Phi) is 52.5. The predicted octanol–water partition coefficient (Wildman–Crippen LogP) is 17.5. The van der Waals surface area contributed by atoms with Crippen molar-refractivity contribution in [2.24, 2.45) is 0 Å². The summed E-state index contributed by atoms with van der Waals surface area (Å²) in [6.45, 7) is 4.95. The van der Waals surface area contributed by atoms with Gasteiger partial charge in [-0.3, -0.25) is 9.59 Å². The summed E-state index contributed by atoms with van der Waals surface area (Å²) in [4.78, 5) is 24.4. The van der Waals surface area contributed by atoms with Crippen molar-refractivity contribution in [3.63, 3.8) is 0 Å². The van der Waals surface area contributed by atoms with Crippen molar-refractivity contribution in [1.82, 2.24) is 5.32 Å². The quantitative estimate of drug-likeness (QED) is 0.0418. The zero-order valence-electron chi connectivity index (χ0n) is 42.8. The molecular weight excluding hydrogens is 779 g/mol. The van der Waals surface area contributed by atoms with E-state index >= 15 is 0 Å². The van der Waals surface area contributed by atoms with Gasteiger partial charge in [-0.1, -0.05) is 290 Å². The highest BCUT2D eigenvalue weighted by atomic mass is 16.5. The van der Waals surface area contributed by atoms with Gasteiger partial charge in [-0.25, -0.2) is 0 Å². The van der Waals surface area contributed by atoms with Gasteiger partial charge < -0.3 is 20.3 Å². The summed E-state index contributed by atoms with van der Waals surface area (Å²) in [6, 6.07) is -0.536. The van der Waals surface area contributed by atoms with Crippen molar-refractivity contribution >= 4 is 11.9 Å². The van der Waals surface area contributed by atoms with Crippen LogP contribution in [0.3, 0.4) is 0 Å². The largest absolute Gasteiger partial charge is 0.466 e. The first-order valence-corrected chi connectivity index (χ1v) is 28.8. The Morgan fingerprint density at radius 3 is 0.968 bits per heavy atom. The van der Waals surface area contributed by atoms with Crippen molar-refractivity contribution < 1.29 is 24.5 Å². The highest BCUT2D eigenvalue weighted by Gasteiger charge is 2.20. The summed E-state index contributed by atoms with van der Waals surface area (Å²) >= 11 is 0. The Labute approximate surface area is 394 Å². The minimum atomic E-state index is -0.659. The van der Waals surface area contributed by atoms with Crippen LogP contribution in [-0.2, 0) is 14.3 Å². The van der Waals surface area contributed by atoms with E-state index in [1.165, 1.54) is 257 Å². The first kappa shape index (κ1) is 61.9. The maximum Gasteiger partial charge on any atom is 0.305 e. The average molecular weight is 893 g/mol. The molecule has 1 amide bonds. The smallest absolute Gasteiger partial charge is 0.305 e. The zero-order chi connectivity index (χ0) is 45.8. The number of hydrogen-bond acceptors (Lipinski definition) is 5. The number of carbonyl (C=O) groups excluding carboxylic acids is 2. The first-order chi connectivity index (χ1) is 31.0. The lowest BCUT2D eigenvalue weighted by atomic mass is 10.0. The molecule has 6 heteroatoms. The van der Waals surface area contributed by atoms with Gasteiger partial charge in [0.1, 0.15) is 0 Å². The Bertz CT molecular complexity index is 898. The van der Waals surface area contributed by atoms with Gasteiger partial charge in [-0.15, -0.1) is 0 Å². The summed E-state index contributed by atoms with van der Waals surface area (Å²) in [5.74, 6) is -0.0166. The average Bonchev–Trinajstić information content (AvgIpc) is 3.28. The molecule has 0 aromatic rings. The first-order valence-electron chi connectivity index (χ1n) is 28.8. The number of ether oxygens (including phenoxy) is 1. The third-order valence-corrected chi connectivity index (χ3v) is 13.7. The molecule has 0 radical (unpaired) electrons. The fourth-order valence-corrected chi connectivity index (χ4v) is 9.23. The number of amides is 1. The van der Waals surface area contributed by atoms with Crippen LogP contribution >= 0.6 is 0 Å². The molecule has 6 nitrogen and oxygen atoms in total. The molecule has 0 fully saturated rings. The number of rotatable bonds is 54. The van der Waals surface area contributed by atoms with Crippen molar-refractivity contribution in [3.05, 3.63) is 0 Å². The Morgan fingerprint density at radius 2 is 0.651 bits per heavy atom. The molecule has 0 aliphatic carbocycles. The number of unbranched alkanes of at least 4 members (excludes halogenated alkanes) is 43.